The number of nitrogens with one attached hydrogen (secondary N) is 1. The van der Waals surface area contributed by atoms with Crippen molar-refractivity contribution in [2.75, 3.05) is 11.0 Å². The Morgan fingerprint density at radius 1 is 1.46 bits per heavy atom. The molecule has 0 fully saturated rings. The lowest BCUT2D eigenvalue weighted by Crippen LogP contribution is -2.09. The molecule has 4 nitrogen and oxygen atoms in total. The van der Waals surface area contributed by atoms with E-state index in [1.165, 1.54) is 6.07 Å². The SMILES string of the molecule is CS(=O)(=O)Nc1cccc(Br)c1O. The van der Waals surface area contributed by atoms with Gasteiger partial charge in [0.15, 0.2) is 5.75 Å². The normalized spacial score (nSPS) is 11.2. The van der Waals surface area contributed by atoms with E-state index < -0.39 is 10.0 Å². The zero-order valence-electron chi connectivity index (χ0n) is 6.78. The molecule has 0 spiro atoms. The molecule has 0 aliphatic heterocycles. The lowest BCUT2D eigenvalue weighted by Gasteiger charge is -2.06. The summed E-state index contributed by atoms with van der Waals surface area (Å²) in [6.45, 7) is 0. The average Bonchev–Trinajstić information content (AvgIpc) is 1.96. The lowest BCUT2D eigenvalue weighted by atomic mass is 10.3. The van der Waals surface area contributed by atoms with Crippen LogP contribution in [0.5, 0.6) is 5.75 Å². The average molecular weight is 266 g/mol. The van der Waals surface area contributed by atoms with Crippen molar-refractivity contribution in [3.63, 3.8) is 0 Å². The predicted molar refractivity (Wildman–Crippen MR) is 54.3 cm³/mol. The van der Waals surface area contributed by atoms with Crippen LogP contribution < -0.4 is 4.72 Å². The fraction of sp³-hybridized carbons (Fsp3) is 0.143. The second-order valence-corrected chi connectivity index (χ2v) is 5.11. The second kappa shape index (κ2) is 3.55. The first-order chi connectivity index (χ1) is 5.90. The van der Waals surface area contributed by atoms with Crippen LogP contribution in [0.3, 0.4) is 0 Å². The summed E-state index contributed by atoms with van der Waals surface area (Å²) < 4.78 is 24.3. The minimum Gasteiger partial charge on any atom is -0.505 e. The summed E-state index contributed by atoms with van der Waals surface area (Å²) >= 11 is 3.07. The molecule has 1 rings (SSSR count). The Morgan fingerprint density at radius 2 is 2.08 bits per heavy atom. The largest absolute Gasteiger partial charge is 0.505 e. The first-order valence-electron chi connectivity index (χ1n) is 3.35. The maximum atomic E-state index is 10.8. The molecule has 0 atom stereocenters. The number of para-hydroxylation sites is 1. The molecular weight excluding hydrogens is 258 g/mol. The van der Waals surface area contributed by atoms with E-state index in [4.69, 9.17) is 0 Å². The van der Waals surface area contributed by atoms with E-state index in [0.29, 0.717) is 4.47 Å². The van der Waals surface area contributed by atoms with Crippen LogP contribution in [0, 0.1) is 0 Å². The number of sulfonamides is 1. The van der Waals surface area contributed by atoms with E-state index in [-0.39, 0.29) is 11.4 Å². The molecule has 0 saturated carbocycles. The number of rotatable bonds is 2. The maximum absolute atomic E-state index is 10.8. The third kappa shape index (κ3) is 2.89. The third-order valence-electron chi connectivity index (χ3n) is 1.28. The van der Waals surface area contributed by atoms with Crippen molar-refractivity contribution >= 4 is 31.6 Å². The van der Waals surface area contributed by atoms with Gasteiger partial charge in [-0.3, -0.25) is 4.72 Å². The van der Waals surface area contributed by atoms with Crippen LogP contribution in [-0.4, -0.2) is 19.8 Å². The van der Waals surface area contributed by atoms with Gasteiger partial charge in [-0.05, 0) is 28.1 Å². The Bertz CT molecular complexity index is 416. The summed E-state index contributed by atoms with van der Waals surface area (Å²) in [7, 11) is -3.35. The number of anilines is 1. The molecule has 0 unspecified atom stereocenters. The Morgan fingerprint density at radius 3 is 2.62 bits per heavy atom. The zero-order chi connectivity index (χ0) is 10.1. The number of halogens is 1. The van der Waals surface area contributed by atoms with Gasteiger partial charge < -0.3 is 5.11 Å². The Balaban J connectivity index is 3.10. The summed E-state index contributed by atoms with van der Waals surface area (Å²) in [6, 6.07) is 4.71. The predicted octanol–water partition coefficient (Wildman–Crippen LogP) is 1.53. The number of aromatic hydroxyl groups is 1. The molecule has 1 aromatic carbocycles. The molecule has 0 bridgehead atoms. The van der Waals surface area contributed by atoms with E-state index >= 15 is 0 Å². The molecule has 0 aromatic heterocycles. The molecular formula is C7H8BrNO3S. The smallest absolute Gasteiger partial charge is 0.229 e. The van der Waals surface area contributed by atoms with E-state index in [1.807, 2.05) is 0 Å². The van der Waals surface area contributed by atoms with E-state index in [0.717, 1.165) is 6.26 Å². The van der Waals surface area contributed by atoms with Gasteiger partial charge in [0, 0.05) is 0 Å². The van der Waals surface area contributed by atoms with Crippen LogP contribution in [0.15, 0.2) is 22.7 Å². The standard InChI is InChI=1S/C7H8BrNO3S/c1-13(11,12)9-6-4-2-3-5(8)7(6)10/h2-4,9-10H,1H3. The van der Waals surface area contributed by atoms with Crippen molar-refractivity contribution in [1.82, 2.24) is 0 Å². The zero-order valence-corrected chi connectivity index (χ0v) is 9.18. The number of hydrogen-bond acceptors (Lipinski definition) is 3. The van der Waals surface area contributed by atoms with Crippen LogP contribution in [-0.2, 0) is 10.0 Å². The molecule has 6 heteroatoms. The highest BCUT2D eigenvalue weighted by Crippen LogP contribution is 2.31. The van der Waals surface area contributed by atoms with Gasteiger partial charge in [-0.25, -0.2) is 8.42 Å². The first-order valence-corrected chi connectivity index (χ1v) is 6.04. The van der Waals surface area contributed by atoms with Gasteiger partial charge in [0.2, 0.25) is 10.0 Å². The molecule has 0 aliphatic rings. The Hall–Kier alpha value is -0.750. The van der Waals surface area contributed by atoms with Gasteiger partial charge in [0.05, 0.1) is 16.4 Å². The highest BCUT2D eigenvalue weighted by atomic mass is 79.9. The number of phenols is 1. The minimum atomic E-state index is -3.35. The van der Waals surface area contributed by atoms with Gasteiger partial charge in [0.25, 0.3) is 0 Å². The fourth-order valence-electron chi connectivity index (χ4n) is 0.797. The maximum Gasteiger partial charge on any atom is 0.229 e. The number of benzene rings is 1. The van der Waals surface area contributed by atoms with Gasteiger partial charge in [0.1, 0.15) is 0 Å². The summed E-state index contributed by atoms with van der Waals surface area (Å²) in [5.41, 5.74) is 0.164. The minimum absolute atomic E-state index is 0.118. The quantitative estimate of drug-likeness (QED) is 0.798. The fourth-order valence-corrected chi connectivity index (χ4v) is 1.73. The molecule has 2 N–H and O–H groups in total. The van der Waals surface area contributed by atoms with Crippen molar-refractivity contribution in [3.05, 3.63) is 22.7 Å². The van der Waals surface area contributed by atoms with Crippen molar-refractivity contribution in [2.24, 2.45) is 0 Å². The molecule has 0 saturated heterocycles. The van der Waals surface area contributed by atoms with Crippen molar-refractivity contribution in [2.45, 2.75) is 0 Å². The highest BCUT2D eigenvalue weighted by Gasteiger charge is 2.08. The Labute approximate surface area is 84.8 Å². The van der Waals surface area contributed by atoms with Crippen LogP contribution >= 0.6 is 15.9 Å². The number of hydrogen-bond donors (Lipinski definition) is 2. The van der Waals surface area contributed by atoms with E-state index in [1.54, 1.807) is 12.1 Å². The lowest BCUT2D eigenvalue weighted by molar-refractivity contribution is 0.474. The number of phenolic OH excluding ortho intramolecular Hbond substituents is 1. The van der Waals surface area contributed by atoms with Crippen LogP contribution in [0.25, 0.3) is 0 Å². The van der Waals surface area contributed by atoms with Gasteiger partial charge in [-0.15, -0.1) is 0 Å². The van der Waals surface area contributed by atoms with E-state index in [2.05, 4.69) is 20.7 Å². The summed E-state index contributed by atoms with van der Waals surface area (Å²) in [5, 5.41) is 9.39. The summed E-state index contributed by atoms with van der Waals surface area (Å²) in [4.78, 5) is 0. The van der Waals surface area contributed by atoms with E-state index in [9.17, 15) is 13.5 Å². The monoisotopic (exact) mass is 265 g/mol. The molecule has 0 radical (unpaired) electrons. The first kappa shape index (κ1) is 10.3. The van der Waals surface area contributed by atoms with Crippen molar-refractivity contribution < 1.29 is 13.5 Å². The topological polar surface area (TPSA) is 66.4 Å². The van der Waals surface area contributed by atoms with Gasteiger partial charge in [-0.2, -0.15) is 0 Å². The highest BCUT2D eigenvalue weighted by molar-refractivity contribution is 9.10. The molecule has 13 heavy (non-hydrogen) atoms. The summed E-state index contributed by atoms with van der Waals surface area (Å²) in [5.74, 6) is -0.118. The van der Waals surface area contributed by atoms with Crippen LogP contribution in [0.4, 0.5) is 5.69 Å². The molecule has 0 heterocycles. The Kier molecular flexibility index (Phi) is 2.82. The molecule has 1 aromatic rings. The molecule has 72 valence electrons. The molecule has 0 aliphatic carbocycles. The summed E-state index contributed by atoms with van der Waals surface area (Å²) in [6.07, 6.45) is 1.02. The van der Waals surface area contributed by atoms with Crippen LogP contribution in [0.1, 0.15) is 0 Å². The van der Waals surface area contributed by atoms with Gasteiger partial charge in [-0.1, -0.05) is 6.07 Å². The van der Waals surface area contributed by atoms with Crippen molar-refractivity contribution in [1.29, 1.82) is 0 Å². The second-order valence-electron chi connectivity index (χ2n) is 2.51. The van der Waals surface area contributed by atoms with Crippen LogP contribution in [0.2, 0.25) is 0 Å². The third-order valence-corrected chi connectivity index (χ3v) is 2.51. The van der Waals surface area contributed by atoms with Crippen molar-refractivity contribution in [3.8, 4) is 5.75 Å². The molecule has 0 amide bonds. The van der Waals surface area contributed by atoms with Gasteiger partial charge >= 0.3 is 0 Å².